The quantitative estimate of drug-likeness (QED) is 0.758. The second-order valence-electron chi connectivity index (χ2n) is 5.67. The molecule has 1 N–H and O–H groups in total. The minimum atomic E-state index is -0.282. The van der Waals surface area contributed by atoms with Crippen molar-refractivity contribution in [3.05, 3.63) is 70.4 Å². The molecule has 0 radical (unpaired) electrons. The predicted octanol–water partition coefficient (Wildman–Crippen LogP) is 4.15. The van der Waals surface area contributed by atoms with Gasteiger partial charge in [0.25, 0.3) is 5.91 Å². The number of furan rings is 1. The maximum absolute atomic E-state index is 12.2. The van der Waals surface area contributed by atoms with Crippen molar-refractivity contribution in [2.75, 3.05) is 0 Å². The summed E-state index contributed by atoms with van der Waals surface area (Å²) in [5.41, 5.74) is 2.54. The van der Waals surface area contributed by atoms with Gasteiger partial charge >= 0.3 is 0 Å². The summed E-state index contributed by atoms with van der Waals surface area (Å²) < 4.78 is 5.53. The molecule has 3 aromatic rings. The van der Waals surface area contributed by atoms with Crippen LogP contribution in [0.1, 0.15) is 28.6 Å². The molecule has 0 bridgehead atoms. The number of hydrogen-bond donors (Lipinski definition) is 1. The monoisotopic (exact) mass is 341 g/mol. The highest BCUT2D eigenvalue weighted by Crippen LogP contribution is 2.23. The van der Waals surface area contributed by atoms with Gasteiger partial charge < -0.3 is 9.73 Å². The third-order valence-electron chi connectivity index (χ3n) is 3.63. The molecule has 5 heteroatoms. The van der Waals surface area contributed by atoms with E-state index in [1.807, 2.05) is 24.3 Å². The fourth-order valence-electron chi connectivity index (χ4n) is 2.46. The van der Waals surface area contributed by atoms with E-state index in [-0.39, 0.29) is 17.5 Å². The fourth-order valence-corrected chi connectivity index (χ4v) is 2.64. The zero-order chi connectivity index (χ0) is 17.1. The van der Waals surface area contributed by atoms with Crippen molar-refractivity contribution < 1.29 is 14.0 Å². The summed E-state index contributed by atoms with van der Waals surface area (Å²) >= 11 is 5.93. The van der Waals surface area contributed by atoms with Gasteiger partial charge in [0.1, 0.15) is 11.4 Å². The summed E-state index contributed by atoms with van der Waals surface area (Å²) in [5.74, 6) is 0.0941. The highest BCUT2D eigenvalue weighted by molar-refractivity contribution is 6.31. The lowest BCUT2D eigenvalue weighted by molar-refractivity contribution is -0.116. The zero-order valence-electron chi connectivity index (χ0n) is 13.1. The lowest BCUT2D eigenvalue weighted by Crippen LogP contribution is -2.22. The molecule has 0 aliphatic carbocycles. The number of hydrogen-bond acceptors (Lipinski definition) is 3. The van der Waals surface area contributed by atoms with E-state index < -0.39 is 0 Å². The SMILES string of the molecule is CC(=O)Cc1ccc(CNC(=O)c2cc3cc(Cl)ccc3o2)cc1. The van der Waals surface area contributed by atoms with Gasteiger partial charge in [-0.1, -0.05) is 35.9 Å². The minimum absolute atomic E-state index is 0.126. The Bertz CT molecular complexity index is 897. The molecule has 122 valence electrons. The molecule has 0 fully saturated rings. The molecule has 0 atom stereocenters. The Balaban J connectivity index is 1.64. The zero-order valence-corrected chi connectivity index (χ0v) is 13.9. The van der Waals surface area contributed by atoms with E-state index in [1.54, 1.807) is 31.2 Å². The fraction of sp³-hybridized carbons (Fsp3) is 0.158. The van der Waals surface area contributed by atoms with Crippen molar-refractivity contribution >= 4 is 34.3 Å². The van der Waals surface area contributed by atoms with E-state index in [2.05, 4.69) is 5.32 Å². The first-order valence-corrected chi connectivity index (χ1v) is 7.93. The molecule has 1 amide bonds. The first-order valence-electron chi connectivity index (χ1n) is 7.56. The van der Waals surface area contributed by atoms with Gasteiger partial charge in [-0.05, 0) is 42.3 Å². The van der Waals surface area contributed by atoms with Crippen molar-refractivity contribution in [2.45, 2.75) is 19.9 Å². The summed E-state index contributed by atoms with van der Waals surface area (Å²) in [4.78, 5) is 23.3. The van der Waals surface area contributed by atoms with Crippen LogP contribution in [-0.2, 0) is 17.8 Å². The van der Waals surface area contributed by atoms with Crippen molar-refractivity contribution in [3.8, 4) is 0 Å². The number of carbonyl (C=O) groups excluding carboxylic acids is 2. The summed E-state index contributed by atoms with van der Waals surface area (Å²) in [6.07, 6.45) is 0.425. The predicted molar refractivity (Wildman–Crippen MR) is 93.2 cm³/mol. The van der Waals surface area contributed by atoms with Gasteiger partial charge in [0, 0.05) is 23.4 Å². The molecule has 1 heterocycles. The number of nitrogens with one attached hydrogen (secondary N) is 1. The molecule has 1 aromatic heterocycles. The smallest absolute Gasteiger partial charge is 0.287 e. The van der Waals surface area contributed by atoms with Crippen LogP contribution in [0, 0.1) is 0 Å². The van der Waals surface area contributed by atoms with Gasteiger partial charge in [-0.15, -0.1) is 0 Å². The summed E-state index contributed by atoms with van der Waals surface area (Å²) in [6, 6.07) is 14.5. The van der Waals surface area contributed by atoms with Crippen LogP contribution in [0.2, 0.25) is 5.02 Å². The Morgan fingerprint density at radius 3 is 2.46 bits per heavy atom. The van der Waals surface area contributed by atoms with Gasteiger partial charge in [0.15, 0.2) is 5.76 Å². The molecule has 4 nitrogen and oxygen atoms in total. The van der Waals surface area contributed by atoms with Crippen molar-refractivity contribution in [2.24, 2.45) is 0 Å². The maximum Gasteiger partial charge on any atom is 0.287 e. The average Bonchev–Trinajstić information content (AvgIpc) is 2.96. The van der Waals surface area contributed by atoms with E-state index in [9.17, 15) is 9.59 Å². The molecule has 0 saturated carbocycles. The van der Waals surface area contributed by atoms with Crippen LogP contribution in [0.25, 0.3) is 11.0 Å². The maximum atomic E-state index is 12.2. The summed E-state index contributed by atoms with van der Waals surface area (Å²) in [5, 5.41) is 4.21. The number of halogens is 1. The Labute approximate surface area is 144 Å². The third-order valence-corrected chi connectivity index (χ3v) is 3.87. The third kappa shape index (κ3) is 3.84. The van der Waals surface area contributed by atoms with Gasteiger partial charge in [0.05, 0.1) is 0 Å². The molecule has 0 spiro atoms. The standard InChI is InChI=1S/C19H16ClNO3/c1-12(22)8-13-2-4-14(5-3-13)11-21-19(23)18-10-15-9-16(20)6-7-17(15)24-18/h2-7,9-10H,8,11H2,1H3,(H,21,23). The molecule has 24 heavy (non-hydrogen) atoms. The Hall–Kier alpha value is -2.59. The molecular weight excluding hydrogens is 326 g/mol. The second-order valence-corrected chi connectivity index (χ2v) is 6.11. The number of benzene rings is 2. The van der Waals surface area contributed by atoms with Crippen molar-refractivity contribution in [1.29, 1.82) is 0 Å². The number of ketones is 1. The van der Waals surface area contributed by atoms with Crippen molar-refractivity contribution in [3.63, 3.8) is 0 Å². The lowest BCUT2D eigenvalue weighted by atomic mass is 10.1. The van der Waals surface area contributed by atoms with Crippen LogP contribution < -0.4 is 5.32 Å². The van der Waals surface area contributed by atoms with Crippen LogP contribution in [0.15, 0.2) is 52.9 Å². The van der Waals surface area contributed by atoms with E-state index in [1.165, 1.54) is 0 Å². The molecule has 0 aliphatic rings. The lowest BCUT2D eigenvalue weighted by Gasteiger charge is -2.04. The molecule has 3 rings (SSSR count). The van der Waals surface area contributed by atoms with Gasteiger partial charge in [-0.25, -0.2) is 0 Å². The van der Waals surface area contributed by atoms with Crippen molar-refractivity contribution in [1.82, 2.24) is 5.32 Å². The van der Waals surface area contributed by atoms with E-state index in [0.717, 1.165) is 16.5 Å². The number of rotatable bonds is 5. The van der Waals surface area contributed by atoms with Gasteiger partial charge in [-0.2, -0.15) is 0 Å². The Kier molecular flexibility index (Phi) is 4.67. The van der Waals surface area contributed by atoms with Crippen LogP contribution in [-0.4, -0.2) is 11.7 Å². The molecule has 0 aliphatic heterocycles. The Morgan fingerprint density at radius 1 is 1.04 bits per heavy atom. The summed E-state index contributed by atoms with van der Waals surface area (Å²) in [6.45, 7) is 1.95. The minimum Gasteiger partial charge on any atom is -0.451 e. The van der Waals surface area contributed by atoms with Gasteiger partial charge in [0.2, 0.25) is 0 Å². The highest BCUT2D eigenvalue weighted by Gasteiger charge is 2.12. The Morgan fingerprint density at radius 2 is 1.75 bits per heavy atom. The number of fused-ring (bicyclic) bond motifs is 1. The molecule has 0 unspecified atom stereocenters. The van der Waals surface area contributed by atoms with Crippen LogP contribution in [0.5, 0.6) is 0 Å². The molecule has 2 aromatic carbocycles. The molecule has 0 saturated heterocycles. The second kappa shape index (κ2) is 6.89. The van der Waals surface area contributed by atoms with E-state index in [4.69, 9.17) is 16.0 Å². The largest absolute Gasteiger partial charge is 0.451 e. The normalized spacial score (nSPS) is 10.8. The van der Waals surface area contributed by atoms with Crippen LogP contribution in [0.4, 0.5) is 0 Å². The van der Waals surface area contributed by atoms with Crippen LogP contribution in [0.3, 0.4) is 0 Å². The molecular formula is C19H16ClNO3. The average molecular weight is 342 g/mol. The number of amides is 1. The van der Waals surface area contributed by atoms with Crippen LogP contribution >= 0.6 is 11.6 Å². The summed E-state index contributed by atoms with van der Waals surface area (Å²) in [7, 11) is 0. The number of Topliss-reactive ketones (excluding diaryl/α,β-unsaturated/α-hetero) is 1. The highest BCUT2D eigenvalue weighted by atomic mass is 35.5. The van der Waals surface area contributed by atoms with E-state index >= 15 is 0 Å². The first kappa shape index (κ1) is 16.3. The first-order chi connectivity index (χ1) is 11.5. The van der Waals surface area contributed by atoms with Gasteiger partial charge in [-0.3, -0.25) is 9.59 Å². The van der Waals surface area contributed by atoms with E-state index in [0.29, 0.717) is 23.6 Å². The topological polar surface area (TPSA) is 59.3 Å². The number of carbonyl (C=O) groups is 2.